The minimum atomic E-state index is 0.436. The molecule has 116 valence electrons. The van der Waals surface area contributed by atoms with E-state index in [1.165, 1.54) is 31.2 Å². The molecule has 1 N–H and O–H groups in total. The minimum absolute atomic E-state index is 0.436. The van der Waals surface area contributed by atoms with Crippen molar-refractivity contribution in [1.82, 2.24) is 5.32 Å². The molecule has 21 heavy (non-hydrogen) atoms. The van der Waals surface area contributed by atoms with E-state index >= 15 is 0 Å². The van der Waals surface area contributed by atoms with Gasteiger partial charge in [-0.05, 0) is 48.9 Å². The van der Waals surface area contributed by atoms with Crippen LogP contribution in [0, 0.1) is 5.41 Å². The fourth-order valence-corrected chi connectivity index (χ4v) is 3.51. The monoisotopic (exact) mass is 289 g/mol. The maximum atomic E-state index is 5.65. The van der Waals surface area contributed by atoms with Crippen molar-refractivity contribution in [2.45, 2.75) is 52.0 Å². The van der Waals surface area contributed by atoms with Gasteiger partial charge in [-0.3, -0.25) is 0 Å². The summed E-state index contributed by atoms with van der Waals surface area (Å²) in [6, 6.07) is 6.97. The molecule has 3 rings (SSSR count). The zero-order valence-corrected chi connectivity index (χ0v) is 13.3. The van der Waals surface area contributed by atoms with Gasteiger partial charge < -0.3 is 14.8 Å². The van der Waals surface area contributed by atoms with Crippen molar-refractivity contribution in [3.05, 3.63) is 23.8 Å². The third kappa shape index (κ3) is 3.52. The molecule has 0 bridgehead atoms. The zero-order valence-electron chi connectivity index (χ0n) is 13.3. The second kappa shape index (κ2) is 6.27. The van der Waals surface area contributed by atoms with Gasteiger partial charge in [0, 0.05) is 6.04 Å². The molecule has 3 heteroatoms. The van der Waals surface area contributed by atoms with Crippen molar-refractivity contribution >= 4 is 0 Å². The van der Waals surface area contributed by atoms with Crippen LogP contribution in [0.3, 0.4) is 0 Å². The highest BCUT2D eigenvalue weighted by Crippen LogP contribution is 2.35. The second-order valence-electron chi connectivity index (χ2n) is 6.97. The van der Waals surface area contributed by atoms with Crippen LogP contribution in [0.2, 0.25) is 0 Å². The molecule has 0 radical (unpaired) electrons. The number of rotatable bonds is 4. The molecule has 0 spiro atoms. The number of hydrogen-bond acceptors (Lipinski definition) is 3. The third-order valence-electron chi connectivity index (χ3n) is 4.92. The lowest BCUT2D eigenvalue weighted by atomic mass is 9.73. The Labute approximate surface area is 128 Å². The van der Waals surface area contributed by atoms with Crippen LogP contribution in [0.15, 0.2) is 18.2 Å². The van der Waals surface area contributed by atoms with E-state index in [0.29, 0.717) is 24.7 Å². The second-order valence-corrected chi connectivity index (χ2v) is 6.97. The van der Waals surface area contributed by atoms with Crippen molar-refractivity contribution in [2.24, 2.45) is 5.41 Å². The lowest BCUT2D eigenvalue weighted by molar-refractivity contribution is 0.168. The van der Waals surface area contributed by atoms with Crippen LogP contribution in [0.25, 0.3) is 0 Å². The van der Waals surface area contributed by atoms with Gasteiger partial charge >= 0.3 is 0 Å². The SMILES string of the molecule is CC1(C)CCCCC1NCCc1ccc2c(c1)OCCO2. The molecule has 3 nitrogen and oxygen atoms in total. The lowest BCUT2D eigenvalue weighted by Gasteiger charge is -2.39. The predicted molar refractivity (Wildman–Crippen MR) is 85.2 cm³/mol. The van der Waals surface area contributed by atoms with E-state index in [4.69, 9.17) is 9.47 Å². The summed E-state index contributed by atoms with van der Waals surface area (Å²) >= 11 is 0. The molecule has 1 aliphatic carbocycles. The Morgan fingerprint density at radius 2 is 1.95 bits per heavy atom. The molecule has 1 atom stereocenters. The Morgan fingerprint density at radius 1 is 1.14 bits per heavy atom. The molecular formula is C18H27NO2. The first-order valence-corrected chi connectivity index (χ1v) is 8.27. The summed E-state index contributed by atoms with van der Waals surface area (Å²) < 4.78 is 11.2. The van der Waals surface area contributed by atoms with Gasteiger partial charge in [-0.15, -0.1) is 0 Å². The maximum Gasteiger partial charge on any atom is 0.161 e. The molecule has 0 saturated heterocycles. The summed E-state index contributed by atoms with van der Waals surface area (Å²) in [5.41, 5.74) is 1.76. The summed E-state index contributed by atoms with van der Waals surface area (Å²) in [5.74, 6) is 1.78. The number of benzene rings is 1. The molecule has 1 aromatic rings. The molecule has 1 aliphatic heterocycles. The first-order chi connectivity index (χ1) is 10.1. The van der Waals surface area contributed by atoms with Gasteiger partial charge in [0.2, 0.25) is 0 Å². The zero-order chi connectivity index (χ0) is 14.7. The predicted octanol–water partition coefficient (Wildman–Crippen LogP) is 3.56. The summed E-state index contributed by atoms with van der Waals surface area (Å²) in [4.78, 5) is 0. The van der Waals surface area contributed by atoms with Crippen LogP contribution < -0.4 is 14.8 Å². The molecule has 1 heterocycles. The van der Waals surface area contributed by atoms with E-state index in [1.54, 1.807) is 0 Å². The highest BCUT2D eigenvalue weighted by atomic mass is 16.6. The molecule has 1 aromatic carbocycles. The fraction of sp³-hybridized carbons (Fsp3) is 0.667. The average molecular weight is 289 g/mol. The molecule has 1 unspecified atom stereocenters. The number of hydrogen-bond donors (Lipinski definition) is 1. The highest BCUT2D eigenvalue weighted by molar-refractivity contribution is 5.43. The first-order valence-electron chi connectivity index (χ1n) is 8.27. The van der Waals surface area contributed by atoms with Crippen LogP contribution in [-0.4, -0.2) is 25.8 Å². The van der Waals surface area contributed by atoms with Crippen LogP contribution >= 0.6 is 0 Å². The topological polar surface area (TPSA) is 30.5 Å². The maximum absolute atomic E-state index is 5.65. The molecule has 0 amide bonds. The first kappa shape index (κ1) is 14.7. The van der Waals surface area contributed by atoms with E-state index in [9.17, 15) is 0 Å². The largest absolute Gasteiger partial charge is 0.486 e. The van der Waals surface area contributed by atoms with Gasteiger partial charge in [0.15, 0.2) is 11.5 Å². The smallest absolute Gasteiger partial charge is 0.161 e. The molecular weight excluding hydrogens is 262 g/mol. The normalized spacial score (nSPS) is 23.8. The Kier molecular flexibility index (Phi) is 4.39. The third-order valence-corrected chi connectivity index (χ3v) is 4.92. The summed E-state index contributed by atoms with van der Waals surface area (Å²) in [6.07, 6.45) is 6.45. The minimum Gasteiger partial charge on any atom is -0.486 e. The molecule has 0 aromatic heterocycles. The standard InChI is InChI=1S/C18H27NO2/c1-18(2)9-4-3-5-17(18)19-10-8-14-6-7-15-16(13-14)21-12-11-20-15/h6-7,13,17,19H,3-5,8-12H2,1-2H3. The van der Waals surface area contributed by atoms with Crippen LogP contribution in [0.4, 0.5) is 0 Å². The lowest BCUT2D eigenvalue weighted by Crippen LogP contribution is -2.44. The summed E-state index contributed by atoms with van der Waals surface area (Å²) in [6.45, 7) is 7.14. The van der Waals surface area contributed by atoms with Crippen molar-refractivity contribution < 1.29 is 9.47 Å². The Bertz CT molecular complexity index is 484. The van der Waals surface area contributed by atoms with Crippen molar-refractivity contribution in [3.63, 3.8) is 0 Å². The van der Waals surface area contributed by atoms with E-state index in [-0.39, 0.29) is 0 Å². The Morgan fingerprint density at radius 3 is 2.76 bits per heavy atom. The molecule has 1 fully saturated rings. The number of nitrogens with one attached hydrogen (secondary N) is 1. The molecule has 1 saturated carbocycles. The van der Waals surface area contributed by atoms with Crippen molar-refractivity contribution in [2.75, 3.05) is 19.8 Å². The van der Waals surface area contributed by atoms with E-state index in [1.807, 2.05) is 6.07 Å². The Hall–Kier alpha value is -1.22. The quantitative estimate of drug-likeness (QED) is 0.919. The van der Waals surface area contributed by atoms with Gasteiger partial charge in [-0.2, -0.15) is 0 Å². The van der Waals surface area contributed by atoms with Crippen molar-refractivity contribution in [3.8, 4) is 11.5 Å². The van der Waals surface area contributed by atoms with Crippen LogP contribution in [0.5, 0.6) is 11.5 Å². The van der Waals surface area contributed by atoms with Crippen LogP contribution in [0.1, 0.15) is 45.1 Å². The molecule has 2 aliphatic rings. The summed E-state index contributed by atoms with van der Waals surface area (Å²) in [7, 11) is 0. The van der Waals surface area contributed by atoms with E-state index in [2.05, 4.69) is 31.3 Å². The van der Waals surface area contributed by atoms with Crippen molar-refractivity contribution in [1.29, 1.82) is 0 Å². The van der Waals surface area contributed by atoms with Gasteiger partial charge in [0.25, 0.3) is 0 Å². The van der Waals surface area contributed by atoms with Gasteiger partial charge in [-0.1, -0.05) is 32.8 Å². The van der Waals surface area contributed by atoms with Gasteiger partial charge in [-0.25, -0.2) is 0 Å². The van der Waals surface area contributed by atoms with Gasteiger partial charge in [0.05, 0.1) is 0 Å². The van der Waals surface area contributed by atoms with Crippen LogP contribution in [-0.2, 0) is 6.42 Å². The van der Waals surface area contributed by atoms with Gasteiger partial charge in [0.1, 0.15) is 13.2 Å². The Balaban J connectivity index is 1.53. The highest BCUT2D eigenvalue weighted by Gasteiger charge is 2.31. The van der Waals surface area contributed by atoms with E-state index in [0.717, 1.165) is 24.5 Å². The van der Waals surface area contributed by atoms with E-state index < -0.39 is 0 Å². The fourth-order valence-electron chi connectivity index (χ4n) is 3.51. The average Bonchev–Trinajstić information content (AvgIpc) is 2.49. The number of fused-ring (bicyclic) bond motifs is 1. The summed E-state index contributed by atoms with van der Waals surface area (Å²) in [5, 5.41) is 3.77. The number of ether oxygens (including phenoxy) is 2.